The Kier molecular flexibility index (Phi) is 3.84. The van der Waals surface area contributed by atoms with Crippen LogP contribution in [0.3, 0.4) is 0 Å². The van der Waals surface area contributed by atoms with Gasteiger partial charge >= 0.3 is 0 Å². The van der Waals surface area contributed by atoms with Crippen molar-refractivity contribution in [3.8, 4) is 0 Å². The molecule has 1 aromatic carbocycles. The summed E-state index contributed by atoms with van der Waals surface area (Å²) < 4.78 is 26.9. The molecule has 5 heteroatoms. The molecule has 3 rings (SSSR count). The minimum absolute atomic E-state index is 0.351. The van der Waals surface area contributed by atoms with Crippen molar-refractivity contribution < 1.29 is 8.42 Å². The van der Waals surface area contributed by atoms with Gasteiger partial charge in [0.05, 0.1) is 4.90 Å². The van der Waals surface area contributed by atoms with Crippen LogP contribution in [0.2, 0.25) is 0 Å². The maximum Gasteiger partial charge on any atom is 0.243 e. The molecule has 0 radical (unpaired) electrons. The van der Waals surface area contributed by atoms with Gasteiger partial charge in [0.2, 0.25) is 10.0 Å². The van der Waals surface area contributed by atoms with E-state index in [-0.39, 0.29) is 0 Å². The quantitative estimate of drug-likeness (QED) is 0.918. The van der Waals surface area contributed by atoms with Crippen molar-refractivity contribution in [2.45, 2.75) is 37.1 Å². The number of sulfonamides is 1. The van der Waals surface area contributed by atoms with Gasteiger partial charge in [-0.15, -0.1) is 0 Å². The molecule has 110 valence electrons. The summed E-state index contributed by atoms with van der Waals surface area (Å²) in [5.74, 6) is 0.490. The van der Waals surface area contributed by atoms with Gasteiger partial charge in [0, 0.05) is 19.1 Å². The van der Waals surface area contributed by atoms with E-state index in [1.807, 2.05) is 12.1 Å². The van der Waals surface area contributed by atoms with Crippen molar-refractivity contribution in [3.63, 3.8) is 0 Å². The molecule has 0 aromatic heterocycles. The molecule has 2 saturated heterocycles. The molecule has 0 bridgehead atoms. The van der Waals surface area contributed by atoms with Crippen LogP contribution >= 0.6 is 0 Å². The summed E-state index contributed by atoms with van der Waals surface area (Å²) in [7, 11) is -3.32. The van der Waals surface area contributed by atoms with Gasteiger partial charge in [-0.05, 0) is 43.0 Å². The van der Waals surface area contributed by atoms with Gasteiger partial charge in [-0.25, -0.2) is 8.42 Å². The van der Waals surface area contributed by atoms with Crippen LogP contribution in [0, 0.1) is 5.92 Å². The van der Waals surface area contributed by atoms with E-state index in [4.69, 9.17) is 0 Å². The second-order valence-corrected chi connectivity index (χ2v) is 7.76. The predicted octanol–water partition coefficient (Wildman–Crippen LogP) is 1.62. The first kappa shape index (κ1) is 14.0. The average molecular weight is 294 g/mol. The van der Waals surface area contributed by atoms with Crippen molar-refractivity contribution in [1.82, 2.24) is 9.62 Å². The Morgan fingerprint density at radius 3 is 2.65 bits per heavy atom. The van der Waals surface area contributed by atoms with Gasteiger partial charge in [0.1, 0.15) is 0 Å². The van der Waals surface area contributed by atoms with E-state index < -0.39 is 10.0 Å². The van der Waals surface area contributed by atoms with E-state index in [1.54, 1.807) is 16.4 Å². The van der Waals surface area contributed by atoms with Gasteiger partial charge in [-0.2, -0.15) is 4.31 Å². The minimum Gasteiger partial charge on any atom is -0.312 e. The maximum absolute atomic E-state index is 12.6. The van der Waals surface area contributed by atoms with Crippen molar-refractivity contribution in [1.29, 1.82) is 0 Å². The van der Waals surface area contributed by atoms with E-state index >= 15 is 0 Å². The zero-order chi connectivity index (χ0) is 14.2. The summed E-state index contributed by atoms with van der Waals surface area (Å²) in [6, 6.07) is 7.73. The van der Waals surface area contributed by atoms with Gasteiger partial charge < -0.3 is 5.32 Å². The second kappa shape index (κ2) is 5.47. The number of nitrogens with one attached hydrogen (secondary N) is 1. The standard InChI is InChI=1S/C15H22N2O2S/c1-2-3-12-4-6-14(7-5-12)20(18,19)17-10-13-8-9-16-15(13)11-17/h4-7,13,15-16H,2-3,8-11H2,1H3/t13-,15+/m0/s1. The fourth-order valence-corrected chi connectivity index (χ4v) is 4.79. The van der Waals surface area contributed by atoms with Crippen LogP contribution < -0.4 is 5.32 Å². The molecule has 2 aliphatic rings. The first-order valence-corrected chi connectivity index (χ1v) is 8.87. The fourth-order valence-electron chi connectivity index (χ4n) is 3.27. The largest absolute Gasteiger partial charge is 0.312 e. The highest BCUT2D eigenvalue weighted by molar-refractivity contribution is 7.89. The Hall–Kier alpha value is -0.910. The molecular formula is C15H22N2O2S. The summed E-state index contributed by atoms with van der Waals surface area (Å²) in [6.45, 7) is 4.43. The Morgan fingerprint density at radius 2 is 2.00 bits per heavy atom. The molecule has 0 spiro atoms. The molecule has 2 fully saturated rings. The molecule has 1 aromatic rings. The lowest BCUT2D eigenvalue weighted by Crippen LogP contribution is -2.34. The zero-order valence-corrected chi connectivity index (χ0v) is 12.7. The third kappa shape index (κ3) is 2.50. The topological polar surface area (TPSA) is 49.4 Å². The minimum atomic E-state index is -3.32. The number of benzene rings is 1. The van der Waals surface area contributed by atoms with Crippen LogP contribution in [0.5, 0.6) is 0 Å². The van der Waals surface area contributed by atoms with E-state index in [0.717, 1.165) is 25.8 Å². The van der Waals surface area contributed by atoms with Crippen LogP contribution in [0.25, 0.3) is 0 Å². The van der Waals surface area contributed by atoms with Gasteiger partial charge in [-0.3, -0.25) is 0 Å². The van der Waals surface area contributed by atoms with Crippen LogP contribution in [-0.2, 0) is 16.4 Å². The first-order valence-electron chi connectivity index (χ1n) is 7.43. The first-order chi connectivity index (χ1) is 9.61. The summed E-state index contributed by atoms with van der Waals surface area (Å²) in [4.78, 5) is 0.428. The lowest BCUT2D eigenvalue weighted by molar-refractivity contribution is 0.448. The monoisotopic (exact) mass is 294 g/mol. The Bertz CT molecular complexity index is 556. The number of aryl methyl sites for hydroxylation is 1. The summed E-state index contributed by atoms with van der Waals surface area (Å²) in [6.07, 6.45) is 3.16. The van der Waals surface area contributed by atoms with Gasteiger partial charge in [-0.1, -0.05) is 25.5 Å². The third-order valence-corrected chi connectivity index (χ3v) is 6.27. The lowest BCUT2D eigenvalue weighted by Gasteiger charge is -2.17. The Morgan fingerprint density at radius 1 is 1.25 bits per heavy atom. The smallest absolute Gasteiger partial charge is 0.243 e. The summed E-state index contributed by atoms with van der Waals surface area (Å²) in [5.41, 5.74) is 1.20. The molecule has 2 heterocycles. The highest BCUT2D eigenvalue weighted by Crippen LogP contribution is 2.29. The second-order valence-electron chi connectivity index (χ2n) is 5.83. The summed E-state index contributed by atoms with van der Waals surface area (Å²) >= 11 is 0. The van der Waals surface area contributed by atoms with Crippen molar-refractivity contribution in [3.05, 3.63) is 29.8 Å². The number of hydrogen-bond donors (Lipinski definition) is 1. The van der Waals surface area contributed by atoms with E-state index in [1.165, 1.54) is 5.56 Å². The molecule has 0 amide bonds. The molecule has 2 aliphatic heterocycles. The fraction of sp³-hybridized carbons (Fsp3) is 0.600. The molecule has 1 N–H and O–H groups in total. The molecule has 4 nitrogen and oxygen atoms in total. The molecular weight excluding hydrogens is 272 g/mol. The van der Waals surface area contributed by atoms with E-state index in [2.05, 4.69) is 12.2 Å². The van der Waals surface area contributed by atoms with Crippen LogP contribution in [-0.4, -0.2) is 38.4 Å². The maximum atomic E-state index is 12.6. The normalized spacial score (nSPS) is 26.9. The zero-order valence-electron chi connectivity index (χ0n) is 11.9. The van der Waals surface area contributed by atoms with Crippen molar-refractivity contribution in [2.24, 2.45) is 5.92 Å². The molecule has 2 atom stereocenters. The van der Waals surface area contributed by atoms with E-state index in [0.29, 0.717) is 29.9 Å². The molecule has 0 aliphatic carbocycles. The van der Waals surface area contributed by atoms with Gasteiger partial charge in [0.25, 0.3) is 0 Å². The van der Waals surface area contributed by atoms with Crippen LogP contribution in [0.4, 0.5) is 0 Å². The average Bonchev–Trinajstić information content (AvgIpc) is 3.00. The Labute approximate surface area is 121 Å². The van der Waals surface area contributed by atoms with E-state index in [9.17, 15) is 8.42 Å². The highest BCUT2D eigenvalue weighted by atomic mass is 32.2. The van der Waals surface area contributed by atoms with Crippen LogP contribution in [0.1, 0.15) is 25.3 Å². The third-order valence-electron chi connectivity index (χ3n) is 4.43. The predicted molar refractivity (Wildman–Crippen MR) is 79.1 cm³/mol. The molecule has 0 unspecified atom stereocenters. The Balaban J connectivity index is 1.78. The molecule has 20 heavy (non-hydrogen) atoms. The number of hydrogen-bond acceptors (Lipinski definition) is 3. The summed E-state index contributed by atoms with van der Waals surface area (Å²) in [5, 5.41) is 3.39. The SMILES string of the molecule is CCCc1ccc(S(=O)(=O)N2C[C@@H]3CCN[C@@H]3C2)cc1. The molecule has 0 saturated carbocycles. The van der Waals surface area contributed by atoms with Crippen LogP contribution in [0.15, 0.2) is 29.2 Å². The van der Waals surface area contributed by atoms with Crippen molar-refractivity contribution in [2.75, 3.05) is 19.6 Å². The lowest BCUT2D eigenvalue weighted by atomic mass is 10.1. The number of nitrogens with zero attached hydrogens (tertiary/aromatic N) is 1. The number of rotatable bonds is 4. The highest BCUT2D eigenvalue weighted by Gasteiger charge is 2.41. The van der Waals surface area contributed by atoms with Gasteiger partial charge in [0.15, 0.2) is 0 Å². The van der Waals surface area contributed by atoms with Crippen molar-refractivity contribution >= 4 is 10.0 Å². The number of fused-ring (bicyclic) bond motifs is 1.